The van der Waals surface area contributed by atoms with Crippen LogP contribution in [0.15, 0.2) is 66.7 Å². The molecule has 34 heavy (non-hydrogen) atoms. The van der Waals surface area contributed by atoms with E-state index in [1.807, 2.05) is 48.5 Å². The van der Waals surface area contributed by atoms with E-state index in [0.29, 0.717) is 48.3 Å². The Labute approximate surface area is 202 Å². The zero-order chi connectivity index (χ0) is 23.7. The van der Waals surface area contributed by atoms with Crippen LogP contribution in [-0.2, 0) is 11.3 Å². The van der Waals surface area contributed by atoms with E-state index in [-0.39, 0.29) is 11.7 Å². The van der Waals surface area contributed by atoms with Gasteiger partial charge in [-0.25, -0.2) is 4.39 Å². The number of rotatable bonds is 7. The first-order chi connectivity index (χ1) is 16.5. The van der Waals surface area contributed by atoms with E-state index < -0.39 is 5.66 Å². The highest BCUT2D eigenvalue weighted by Crippen LogP contribution is 2.41. The maximum Gasteiger partial charge on any atom is 0.262 e. The Kier molecular flexibility index (Phi) is 6.16. The molecule has 0 radical (unpaired) electrons. The molecular weight excluding hydrogens is 457 g/mol. The molecule has 1 amide bonds. The SMILES string of the molecule is COCCOc1ccc(N2C(=O)c3ccc(F)cc3NC23CN(Cc2ccc(Cl)cc2)C3)cc1. The van der Waals surface area contributed by atoms with Gasteiger partial charge in [-0.1, -0.05) is 23.7 Å². The molecule has 176 valence electrons. The van der Waals surface area contributed by atoms with Gasteiger partial charge in [0.1, 0.15) is 23.8 Å². The fourth-order valence-corrected chi connectivity index (χ4v) is 4.73. The first kappa shape index (κ1) is 22.7. The van der Waals surface area contributed by atoms with Crippen molar-refractivity contribution in [1.82, 2.24) is 4.90 Å². The summed E-state index contributed by atoms with van der Waals surface area (Å²) in [6.45, 7) is 2.84. The number of likely N-dealkylation sites (tertiary alicyclic amines) is 1. The Morgan fingerprint density at radius 2 is 1.76 bits per heavy atom. The second kappa shape index (κ2) is 9.25. The van der Waals surface area contributed by atoms with Crippen LogP contribution in [0.4, 0.5) is 15.8 Å². The number of nitrogens with one attached hydrogen (secondary N) is 1. The number of anilines is 2. The molecule has 2 heterocycles. The Hall–Kier alpha value is -3.13. The largest absolute Gasteiger partial charge is 0.491 e. The number of nitrogens with zero attached hydrogens (tertiary/aromatic N) is 2. The van der Waals surface area contributed by atoms with Crippen LogP contribution in [0.1, 0.15) is 15.9 Å². The maximum absolute atomic E-state index is 14.0. The number of hydrogen-bond donors (Lipinski definition) is 1. The van der Waals surface area contributed by atoms with E-state index in [1.165, 1.54) is 18.2 Å². The van der Waals surface area contributed by atoms with E-state index in [0.717, 1.165) is 17.8 Å². The smallest absolute Gasteiger partial charge is 0.262 e. The van der Waals surface area contributed by atoms with Gasteiger partial charge in [-0.3, -0.25) is 14.6 Å². The third-order valence-electron chi connectivity index (χ3n) is 6.15. The van der Waals surface area contributed by atoms with Crippen LogP contribution >= 0.6 is 11.6 Å². The second-order valence-electron chi connectivity index (χ2n) is 8.59. The van der Waals surface area contributed by atoms with Gasteiger partial charge in [0.15, 0.2) is 0 Å². The summed E-state index contributed by atoms with van der Waals surface area (Å²) in [5.41, 5.74) is 2.17. The van der Waals surface area contributed by atoms with Crippen LogP contribution in [0.5, 0.6) is 5.75 Å². The molecule has 1 N–H and O–H groups in total. The number of hydrogen-bond acceptors (Lipinski definition) is 5. The average molecular weight is 482 g/mol. The van der Waals surface area contributed by atoms with Gasteiger partial charge in [-0.2, -0.15) is 0 Å². The zero-order valence-corrected chi connectivity index (χ0v) is 19.5. The quantitative estimate of drug-likeness (QED) is 0.492. The van der Waals surface area contributed by atoms with Crippen molar-refractivity contribution in [3.8, 4) is 5.75 Å². The van der Waals surface area contributed by atoms with Gasteiger partial charge < -0.3 is 14.8 Å². The number of fused-ring (bicyclic) bond motifs is 1. The lowest BCUT2D eigenvalue weighted by atomic mass is 9.90. The van der Waals surface area contributed by atoms with Crippen LogP contribution < -0.4 is 15.0 Å². The van der Waals surface area contributed by atoms with Crippen molar-refractivity contribution in [2.75, 3.05) is 43.6 Å². The lowest BCUT2D eigenvalue weighted by Crippen LogP contribution is -2.76. The third-order valence-corrected chi connectivity index (χ3v) is 6.40. The second-order valence-corrected chi connectivity index (χ2v) is 9.03. The molecule has 0 unspecified atom stereocenters. The van der Waals surface area contributed by atoms with Gasteiger partial charge in [0.05, 0.1) is 17.9 Å². The molecule has 2 aliphatic rings. The first-order valence-electron chi connectivity index (χ1n) is 11.1. The zero-order valence-electron chi connectivity index (χ0n) is 18.8. The molecule has 1 spiro atoms. The molecule has 1 fully saturated rings. The molecule has 2 aliphatic heterocycles. The van der Waals surface area contributed by atoms with Crippen molar-refractivity contribution >= 4 is 28.9 Å². The Balaban J connectivity index is 1.41. The number of amides is 1. The van der Waals surface area contributed by atoms with Crippen LogP contribution in [0, 0.1) is 5.82 Å². The molecule has 0 saturated carbocycles. The van der Waals surface area contributed by atoms with Crippen LogP contribution in [0.2, 0.25) is 5.02 Å². The van der Waals surface area contributed by atoms with Crippen LogP contribution in [0.25, 0.3) is 0 Å². The highest BCUT2D eigenvalue weighted by Gasteiger charge is 2.53. The number of carbonyl (C=O) groups excluding carboxylic acids is 1. The van der Waals surface area contributed by atoms with Crippen molar-refractivity contribution in [3.63, 3.8) is 0 Å². The summed E-state index contributed by atoms with van der Waals surface area (Å²) in [4.78, 5) is 17.6. The summed E-state index contributed by atoms with van der Waals surface area (Å²) in [5, 5.41) is 4.16. The van der Waals surface area contributed by atoms with Gasteiger partial charge in [0, 0.05) is 37.5 Å². The van der Waals surface area contributed by atoms with E-state index in [1.54, 1.807) is 12.0 Å². The molecule has 3 aromatic carbocycles. The van der Waals surface area contributed by atoms with Crippen molar-refractivity contribution in [2.45, 2.75) is 12.2 Å². The molecule has 5 rings (SSSR count). The maximum atomic E-state index is 14.0. The average Bonchev–Trinajstić information content (AvgIpc) is 2.80. The first-order valence-corrected chi connectivity index (χ1v) is 11.5. The van der Waals surface area contributed by atoms with Gasteiger partial charge >= 0.3 is 0 Å². The topological polar surface area (TPSA) is 54.0 Å². The van der Waals surface area contributed by atoms with Crippen molar-refractivity contribution < 1.29 is 18.7 Å². The van der Waals surface area contributed by atoms with Crippen molar-refractivity contribution in [3.05, 3.63) is 88.7 Å². The minimum absolute atomic E-state index is 0.159. The molecule has 1 saturated heterocycles. The molecule has 0 aromatic heterocycles. The minimum atomic E-state index is -0.678. The predicted octanol–water partition coefficient (Wildman–Crippen LogP) is 4.79. The van der Waals surface area contributed by atoms with Gasteiger partial charge in [0.25, 0.3) is 5.91 Å². The number of carbonyl (C=O) groups is 1. The Morgan fingerprint density at radius 1 is 1.03 bits per heavy atom. The molecule has 0 aliphatic carbocycles. The summed E-state index contributed by atoms with van der Waals surface area (Å²) in [6.07, 6.45) is 0. The molecule has 0 bridgehead atoms. The van der Waals surface area contributed by atoms with Crippen LogP contribution in [0.3, 0.4) is 0 Å². The normalized spacial score (nSPS) is 16.7. The van der Waals surface area contributed by atoms with Crippen LogP contribution in [-0.4, -0.2) is 49.9 Å². The number of methoxy groups -OCH3 is 1. The Bertz CT molecular complexity index is 1180. The molecule has 0 atom stereocenters. The summed E-state index contributed by atoms with van der Waals surface area (Å²) in [7, 11) is 1.62. The van der Waals surface area contributed by atoms with E-state index >= 15 is 0 Å². The summed E-state index contributed by atoms with van der Waals surface area (Å²) >= 11 is 6.01. The van der Waals surface area contributed by atoms with E-state index in [4.69, 9.17) is 21.1 Å². The number of ether oxygens (including phenoxy) is 2. The third kappa shape index (κ3) is 4.34. The Morgan fingerprint density at radius 3 is 2.47 bits per heavy atom. The standard InChI is InChI=1S/C26H25ClFN3O3/c1-33-12-13-34-22-9-7-21(8-10-22)31-25(32)23-11-6-20(28)14-24(23)29-26(31)16-30(17-26)15-18-2-4-19(27)5-3-18/h2-11,14,29H,12-13,15-17H2,1H3. The van der Waals surface area contributed by atoms with Gasteiger partial charge in [0.2, 0.25) is 0 Å². The molecule has 3 aromatic rings. The summed E-state index contributed by atoms with van der Waals surface area (Å²) < 4.78 is 24.7. The lowest BCUT2D eigenvalue weighted by Gasteiger charge is -2.58. The monoisotopic (exact) mass is 481 g/mol. The summed E-state index contributed by atoms with van der Waals surface area (Å²) in [5.74, 6) is 0.165. The molecular formula is C26H25ClFN3O3. The predicted molar refractivity (Wildman–Crippen MR) is 130 cm³/mol. The van der Waals surface area contributed by atoms with Crippen molar-refractivity contribution in [2.24, 2.45) is 0 Å². The van der Waals surface area contributed by atoms with E-state index in [9.17, 15) is 9.18 Å². The fourth-order valence-electron chi connectivity index (χ4n) is 4.60. The lowest BCUT2D eigenvalue weighted by molar-refractivity contribution is 0.0609. The number of halogens is 2. The van der Waals surface area contributed by atoms with Gasteiger partial charge in [-0.15, -0.1) is 0 Å². The number of benzene rings is 3. The highest BCUT2D eigenvalue weighted by atomic mass is 35.5. The molecule has 8 heteroatoms. The fraction of sp³-hybridized carbons (Fsp3) is 0.269. The van der Waals surface area contributed by atoms with Crippen molar-refractivity contribution in [1.29, 1.82) is 0 Å². The molecule has 6 nitrogen and oxygen atoms in total. The summed E-state index contributed by atoms with van der Waals surface area (Å²) in [6, 6.07) is 19.4. The highest BCUT2D eigenvalue weighted by molar-refractivity contribution is 6.30. The minimum Gasteiger partial charge on any atom is -0.491 e. The van der Waals surface area contributed by atoms with Gasteiger partial charge in [-0.05, 0) is 60.2 Å². The van der Waals surface area contributed by atoms with E-state index in [2.05, 4.69) is 10.2 Å².